The highest BCUT2D eigenvalue weighted by Crippen LogP contribution is 2.14. The van der Waals surface area contributed by atoms with E-state index in [0.29, 0.717) is 12.5 Å². The van der Waals surface area contributed by atoms with Gasteiger partial charge in [0.25, 0.3) is 0 Å². The molecule has 0 spiro atoms. The molecule has 20 heavy (non-hydrogen) atoms. The molecule has 1 aliphatic rings. The SMILES string of the molecule is CCN1CCC(CNC(=O)N(CC(=O)O)CC(=O)O)C1. The number of nitrogens with zero attached hydrogens (tertiary/aromatic N) is 2. The molecule has 114 valence electrons. The molecule has 3 N–H and O–H groups in total. The van der Waals surface area contributed by atoms with Gasteiger partial charge in [-0.3, -0.25) is 9.59 Å². The van der Waals surface area contributed by atoms with Gasteiger partial charge in [0.2, 0.25) is 0 Å². The molecule has 0 aromatic rings. The molecule has 0 radical (unpaired) electrons. The molecule has 1 aliphatic heterocycles. The van der Waals surface area contributed by atoms with Crippen LogP contribution in [-0.2, 0) is 9.59 Å². The zero-order chi connectivity index (χ0) is 15.1. The van der Waals surface area contributed by atoms with E-state index >= 15 is 0 Å². The van der Waals surface area contributed by atoms with Crippen molar-refractivity contribution in [1.29, 1.82) is 0 Å². The smallest absolute Gasteiger partial charge is 0.323 e. The van der Waals surface area contributed by atoms with Crippen molar-refractivity contribution < 1.29 is 24.6 Å². The van der Waals surface area contributed by atoms with Crippen LogP contribution in [0.4, 0.5) is 4.79 Å². The predicted octanol–water partition coefficient (Wildman–Crippen LogP) is -0.491. The van der Waals surface area contributed by atoms with Crippen molar-refractivity contribution in [2.45, 2.75) is 13.3 Å². The molecule has 1 unspecified atom stereocenters. The minimum absolute atomic E-state index is 0.329. The van der Waals surface area contributed by atoms with Gasteiger partial charge in [0.15, 0.2) is 0 Å². The summed E-state index contributed by atoms with van der Waals surface area (Å²) in [6, 6.07) is -0.648. The first-order valence-electron chi connectivity index (χ1n) is 6.61. The van der Waals surface area contributed by atoms with Gasteiger partial charge in [0.05, 0.1) is 0 Å². The topological polar surface area (TPSA) is 110 Å². The number of hydrogen-bond acceptors (Lipinski definition) is 4. The van der Waals surface area contributed by atoms with Crippen LogP contribution < -0.4 is 5.32 Å². The van der Waals surface area contributed by atoms with Crippen molar-refractivity contribution >= 4 is 18.0 Å². The molecule has 0 aliphatic carbocycles. The highest BCUT2D eigenvalue weighted by Gasteiger charge is 2.24. The second kappa shape index (κ2) is 7.68. The molecule has 1 rings (SSSR count). The van der Waals surface area contributed by atoms with Crippen molar-refractivity contribution in [1.82, 2.24) is 15.1 Å². The van der Waals surface area contributed by atoms with Crippen LogP contribution in [-0.4, -0.2) is 77.3 Å². The third-order valence-electron chi connectivity index (χ3n) is 3.30. The van der Waals surface area contributed by atoms with Gasteiger partial charge in [0, 0.05) is 13.1 Å². The maximum Gasteiger partial charge on any atom is 0.323 e. The number of hydrogen-bond donors (Lipinski definition) is 3. The molecule has 8 heteroatoms. The fourth-order valence-electron chi connectivity index (χ4n) is 2.24. The van der Waals surface area contributed by atoms with Gasteiger partial charge < -0.3 is 25.3 Å². The summed E-state index contributed by atoms with van der Waals surface area (Å²) in [5.74, 6) is -2.14. The zero-order valence-corrected chi connectivity index (χ0v) is 11.5. The van der Waals surface area contributed by atoms with Crippen LogP contribution in [0.25, 0.3) is 0 Å². The molecule has 0 aromatic heterocycles. The Hall–Kier alpha value is -1.83. The number of carboxylic acids is 2. The Morgan fingerprint density at radius 2 is 1.85 bits per heavy atom. The number of likely N-dealkylation sites (tertiary alicyclic amines) is 1. The zero-order valence-electron chi connectivity index (χ0n) is 11.5. The van der Waals surface area contributed by atoms with E-state index in [9.17, 15) is 14.4 Å². The lowest BCUT2D eigenvalue weighted by molar-refractivity contribution is -0.140. The van der Waals surface area contributed by atoms with E-state index in [1.165, 1.54) is 0 Å². The minimum Gasteiger partial charge on any atom is -0.480 e. The highest BCUT2D eigenvalue weighted by atomic mass is 16.4. The van der Waals surface area contributed by atoms with E-state index in [4.69, 9.17) is 10.2 Å². The van der Waals surface area contributed by atoms with Crippen molar-refractivity contribution in [2.24, 2.45) is 5.92 Å². The van der Waals surface area contributed by atoms with E-state index in [1.807, 2.05) is 0 Å². The molecule has 1 saturated heterocycles. The van der Waals surface area contributed by atoms with Crippen LogP contribution in [0, 0.1) is 5.92 Å². The number of urea groups is 1. The Labute approximate surface area is 117 Å². The monoisotopic (exact) mass is 287 g/mol. The van der Waals surface area contributed by atoms with Crippen LogP contribution in [0.5, 0.6) is 0 Å². The van der Waals surface area contributed by atoms with E-state index in [0.717, 1.165) is 31.0 Å². The molecular weight excluding hydrogens is 266 g/mol. The Kier molecular flexibility index (Phi) is 6.23. The van der Waals surface area contributed by atoms with E-state index < -0.39 is 31.1 Å². The number of amides is 2. The summed E-state index contributed by atoms with van der Waals surface area (Å²) in [4.78, 5) is 36.1. The van der Waals surface area contributed by atoms with Gasteiger partial charge in [-0.2, -0.15) is 0 Å². The second-order valence-electron chi connectivity index (χ2n) is 4.88. The van der Waals surface area contributed by atoms with Gasteiger partial charge >= 0.3 is 18.0 Å². The first-order valence-corrected chi connectivity index (χ1v) is 6.61. The largest absolute Gasteiger partial charge is 0.480 e. The summed E-state index contributed by atoms with van der Waals surface area (Å²) >= 11 is 0. The predicted molar refractivity (Wildman–Crippen MR) is 70.5 cm³/mol. The highest BCUT2D eigenvalue weighted by molar-refractivity contribution is 5.84. The van der Waals surface area contributed by atoms with E-state index in [2.05, 4.69) is 17.1 Å². The van der Waals surface area contributed by atoms with Crippen molar-refractivity contribution in [3.63, 3.8) is 0 Å². The van der Waals surface area contributed by atoms with Crippen LogP contribution in [0.2, 0.25) is 0 Å². The van der Waals surface area contributed by atoms with Crippen LogP contribution in [0.3, 0.4) is 0 Å². The van der Waals surface area contributed by atoms with Gasteiger partial charge in [-0.05, 0) is 25.4 Å². The Morgan fingerprint density at radius 1 is 1.25 bits per heavy atom. The summed E-state index contributed by atoms with van der Waals surface area (Å²) in [6.07, 6.45) is 0.978. The Morgan fingerprint density at radius 3 is 2.30 bits per heavy atom. The average Bonchev–Trinajstić information content (AvgIpc) is 2.82. The summed E-state index contributed by atoms with van der Waals surface area (Å²) in [6.45, 7) is 4.12. The molecule has 0 saturated carbocycles. The number of aliphatic carboxylic acids is 2. The van der Waals surface area contributed by atoms with Gasteiger partial charge in [-0.1, -0.05) is 6.92 Å². The van der Waals surface area contributed by atoms with Crippen LogP contribution in [0.1, 0.15) is 13.3 Å². The van der Waals surface area contributed by atoms with E-state index in [-0.39, 0.29) is 0 Å². The Balaban J connectivity index is 2.41. The molecular formula is C12H21N3O5. The molecule has 0 aromatic carbocycles. The number of carbonyl (C=O) groups is 3. The number of carboxylic acid groups (broad SMARTS) is 2. The fourth-order valence-corrected chi connectivity index (χ4v) is 2.24. The summed E-state index contributed by atoms with van der Waals surface area (Å²) < 4.78 is 0. The second-order valence-corrected chi connectivity index (χ2v) is 4.88. The fraction of sp³-hybridized carbons (Fsp3) is 0.750. The molecule has 1 atom stereocenters. The lowest BCUT2D eigenvalue weighted by Crippen LogP contribution is -2.46. The van der Waals surface area contributed by atoms with Crippen molar-refractivity contribution in [3.05, 3.63) is 0 Å². The van der Waals surface area contributed by atoms with Crippen molar-refractivity contribution in [3.8, 4) is 0 Å². The standard InChI is InChI=1S/C12H21N3O5/c1-2-14-4-3-9(6-14)5-13-12(20)15(7-10(16)17)8-11(18)19/h9H,2-8H2,1H3,(H,13,20)(H,16,17)(H,18,19). The quantitative estimate of drug-likeness (QED) is 0.583. The summed E-state index contributed by atoms with van der Waals surface area (Å²) in [5, 5.41) is 20.0. The lowest BCUT2D eigenvalue weighted by atomic mass is 10.1. The third kappa shape index (κ3) is 5.43. The normalized spacial score (nSPS) is 18.8. The van der Waals surface area contributed by atoms with Crippen molar-refractivity contribution in [2.75, 3.05) is 39.3 Å². The lowest BCUT2D eigenvalue weighted by Gasteiger charge is -2.20. The first-order chi connectivity index (χ1) is 9.42. The third-order valence-corrected chi connectivity index (χ3v) is 3.30. The maximum atomic E-state index is 11.8. The first kappa shape index (κ1) is 16.2. The molecule has 8 nitrogen and oxygen atoms in total. The van der Waals surface area contributed by atoms with Gasteiger partial charge in [-0.15, -0.1) is 0 Å². The molecule has 0 bridgehead atoms. The molecule has 2 amide bonds. The average molecular weight is 287 g/mol. The van der Waals surface area contributed by atoms with E-state index in [1.54, 1.807) is 0 Å². The number of carbonyl (C=O) groups excluding carboxylic acids is 1. The van der Waals surface area contributed by atoms with Crippen LogP contribution in [0.15, 0.2) is 0 Å². The number of nitrogens with one attached hydrogen (secondary N) is 1. The summed E-state index contributed by atoms with van der Waals surface area (Å²) in [7, 11) is 0. The summed E-state index contributed by atoms with van der Waals surface area (Å²) in [5.41, 5.74) is 0. The maximum absolute atomic E-state index is 11.8. The number of rotatable bonds is 7. The van der Waals surface area contributed by atoms with Crippen LogP contribution >= 0.6 is 0 Å². The van der Waals surface area contributed by atoms with Gasteiger partial charge in [-0.25, -0.2) is 4.79 Å². The minimum atomic E-state index is -1.24. The van der Waals surface area contributed by atoms with Gasteiger partial charge in [0.1, 0.15) is 13.1 Å². The Bertz CT molecular complexity index is 358. The molecule has 1 fully saturated rings. The molecule has 1 heterocycles.